The van der Waals surface area contributed by atoms with E-state index in [1.54, 1.807) is 12.1 Å². The number of rotatable bonds is 5. The van der Waals surface area contributed by atoms with Crippen molar-refractivity contribution in [3.8, 4) is 0 Å². The molecule has 1 atom stereocenters. The molecule has 1 aliphatic rings. The van der Waals surface area contributed by atoms with Gasteiger partial charge < -0.3 is 4.84 Å². The fourth-order valence-corrected chi connectivity index (χ4v) is 4.05. The number of nitrogens with one attached hydrogen (secondary N) is 1. The molecular weight excluding hydrogens is 461 g/mol. The van der Waals surface area contributed by atoms with Crippen LogP contribution in [0.25, 0.3) is 0 Å². The van der Waals surface area contributed by atoms with E-state index in [0.717, 1.165) is 12.1 Å². The zero-order chi connectivity index (χ0) is 20.5. The predicted molar refractivity (Wildman–Crippen MR) is 102 cm³/mol. The molecule has 3 rings (SSSR count). The molecule has 0 amide bonds. The second kappa shape index (κ2) is 7.84. The monoisotopic (exact) mass is 476 g/mol. The van der Waals surface area contributed by atoms with Crippen molar-refractivity contribution in [3.05, 3.63) is 64.7 Å². The van der Waals surface area contributed by atoms with Crippen LogP contribution in [0, 0.1) is 0 Å². The minimum absolute atomic E-state index is 0.0458. The summed E-state index contributed by atoms with van der Waals surface area (Å²) in [7, 11) is -2.38. The van der Waals surface area contributed by atoms with Crippen LogP contribution in [0.1, 0.15) is 34.8 Å². The van der Waals surface area contributed by atoms with Crippen LogP contribution < -0.4 is 4.72 Å². The lowest BCUT2D eigenvalue weighted by Gasteiger charge is -2.17. The SMILES string of the molecule is CNS(=O)(=O)c1ccc(Cc2cccc(C(F)(F)F)c2)c([C@@H]2CC(Br)=NO2)c1. The van der Waals surface area contributed by atoms with Gasteiger partial charge in [0.25, 0.3) is 0 Å². The van der Waals surface area contributed by atoms with E-state index < -0.39 is 27.9 Å². The van der Waals surface area contributed by atoms with Gasteiger partial charge in [0.15, 0.2) is 6.10 Å². The van der Waals surface area contributed by atoms with Crippen LogP contribution >= 0.6 is 15.9 Å². The highest BCUT2D eigenvalue weighted by Crippen LogP contribution is 2.35. The summed E-state index contributed by atoms with van der Waals surface area (Å²) in [6.45, 7) is 0. The predicted octanol–water partition coefficient (Wildman–Crippen LogP) is 4.37. The molecule has 5 nitrogen and oxygen atoms in total. The largest absolute Gasteiger partial charge is 0.416 e. The van der Waals surface area contributed by atoms with Gasteiger partial charge in [-0.05, 0) is 58.7 Å². The summed E-state index contributed by atoms with van der Waals surface area (Å²) in [6, 6.07) is 9.53. The zero-order valence-electron chi connectivity index (χ0n) is 14.6. The molecule has 0 saturated carbocycles. The Morgan fingerprint density at radius 2 is 2.00 bits per heavy atom. The van der Waals surface area contributed by atoms with Gasteiger partial charge >= 0.3 is 6.18 Å². The van der Waals surface area contributed by atoms with Gasteiger partial charge in [0.1, 0.15) is 4.62 Å². The molecule has 0 saturated heterocycles. The third-order valence-electron chi connectivity index (χ3n) is 4.32. The van der Waals surface area contributed by atoms with Crippen molar-refractivity contribution in [2.75, 3.05) is 7.05 Å². The maximum atomic E-state index is 13.0. The number of sulfonamides is 1. The first-order valence-corrected chi connectivity index (χ1v) is 10.5. The van der Waals surface area contributed by atoms with Crippen LogP contribution in [0.3, 0.4) is 0 Å². The first-order chi connectivity index (χ1) is 13.1. The number of hydrogen-bond donors (Lipinski definition) is 1. The molecule has 0 aliphatic carbocycles. The number of benzene rings is 2. The molecule has 1 aliphatic heterocycles. The van der Waals surface area contributed by atoms with Gasteiger partial charge in [0.2, 0.25) is 10.0 Å². The summed E-state index contributed by atoms with van der Waals surface area (Å²) in [5, 5.41) is 3.82. The van der Waals surface area contributed by atoms with Crippen LogP contribution in [0.2, 0.25) is 0 Å². The smallest absolute Gasteiger partial charge is 0.386 e. The van der Waals surface area contributed by atoms with E-state index in [-0.39, 0.29) is 11.3 Å². The molecule has 150 valence electrons. The molecule has 2 aromatic rings. The molecule has 0 spiro atoms. The van der Waals surface area contributed by atoms with Crippen molar-refractivity contribution in [1.29, 1.82) is 0 Å². The molecule has 10 heteroatoms. The molecule has 1 heterocycles. The van der Waals surface area contributed by atoms with Crippen LogP contribution in [0.5, 0.6) is 0 Å². The van der Waals surface area contributed by atoms with Crippen molar-refractivity contribution in [3.63, 3.8) is 0 Å². The normalized spacial score (nSPS) is 17.3. The van der Waals surface area contributed by atoms with Gasteiger partial charge in [-0.3, -0.25) is 0 Å². The highest BCUT2D eigenvalue weighted by Gasteiger charge is 2.31. The van der Waals surface area contributed by atoms with E-state index in [1.165, 1.54) is 25.2 Å². The summed E-state index contributed by atoms with van der Waals surface area (Å²) in [5.74, 6) is 0. The molecule has 0 unspecified atom stereocenters. The maximum absolute atomic E-state index is 13.0. The highest BCUT2D eigenvalue weighted by atomic mass is 79.9. The van der Waals surface area contributed by atoms with Crippen LogP contribution in [-0.4, -0.2) is 20.1 Å². The molecule has 0 aromatic heterocycles. The standard InChI is InChI=1S/C18H16BrF3N2O3S/c1-23-28(25,26)14-6-5-12(15(9-14)16-10-17(19)24-27-16)7-11-3-2-4-13(8-11)18(20,21)22/h2-6,8-9,16,23H,7,10H2,1H3/t16-/m0/s1. The van der Waals surface area contributed by atoms with Crippen molar-refractivity contribution < 1.29 is 26.4 Å². The maximum Gasteiger partial charge on any atom is 0.416 e. The molecule has 0 fully saturated rings. The number of alkyl halides is 3. The number of nitrogens with zero attached hydrogens (tertiary/aromatic N) is 1. The number of halogens is 4. The van der Waals surface area contributed by atoms with Crippen molar-refractivity contribution in [2.24, 2.45) is 5.16 Å². The Hall–Kier alpha value is -1.91. The average molecular weight is 477 g/mol. The minimum Gasteiger partial charge on any atom is -0.386 e. The van der Waals surface area contributed by atoms with E-state index in [4.69, 9.17) is 4.84 Å². The fourth-order valence-electron chi connectivity index (χ4n) is 2.91. The van der Waals surface area contributed by atoms with E-state index in [9.17, 15) is 21.6 Å². The molecule has 0 radical (unpaired) electrons. The van der Waals surface area contributed by atoms with Gasteiger partial charge in [-0.25, -0.2) is 13.1 Å². The summed E-state index contributed by atoms with van der Waals surface area (Å²) in [5.41, 5.74) is 0.950. The Morgan fingerprint density at radius 3 is 2.61 bits per heavy atom. The summed E-state index contributed by atoms with van der Waals surface area (Å²) >= 11 is 3.24. The van der Waals surface area contributed by atoms with Gasteiger partial charge in [-0.15, -0.1) is 0 Å². The quantitative estimate of drug-likeness (QED) is 0.696. The topological polar surface area (TPSA) is 67.8 Å². The van der Waals surface area contributed by atoms with E-state index in [1.807, 2.05) is 0 Å². The summed E-state index contributed by atoms with van der Waals surface area (Å²) in [4.78, 5) is 5.40. The van der Waals surface area contributed by atoms with Gasteiger partial charge in [-0.1, -0.05) is 29.4 Å². The third kappa shape index (κ3) is 4.56. The number of oxime groups is 1. The molecular formula is C18H16BrF3N2O3S. The molecule has 1 N–H and O–H groups in total. The Labute approximate surface area is 168 Å². The number of hydrogen-bond acceptors (Lipinski definition) is 4. The Bertz CT molecular complexity index is 1020. The van der Waals surface area contributed by atoms with Gasteiger partial charge in [0.05, 0.1) is 10.5 Å². The van der Waals surface area contributed by atoms with Crippen LogP contribution in [-0.2, 0) is 27.5 Å². The average Bonchev–Trinajstić information content (AvgIpc) is 3.07. The van der Waals surface area contributed by atoms with Crippen LogP contribution in [0.4, 0.5) is 13.2 Å². The lowest BCUT2D eigenvalue weighted by atomic mass is 9.95. The summed E-state index contributed by atoms with van der Waals surface area (Å²) in [6.07, 6.45) is -4.37. The molecule has 2 aromatic carbocycles. The fraction of sp³-hybridized carbons (Fsp3) is 0.278. The van der Waals surface area contributed by atoms with Crippen LogP contribution in [0.15, 0.2) is 52.5 Å². The molecule has 0 bridgehead atoms. The van der Waals surface area contributed by atoms with E-state index in [2.05, 4.69) is 25.8 Å². The highest BCUT2D eigenvalue weighted by molar-refractivity contribution is 9.18. The lowest BCUT2D eigenvalue weighted by Crippen LogP contribution is -2.19. The zero-order valence-corrected chi connectivity index (χ0v) is 17.0. The Morgan fingerprint density at radius 1 is 1.25 bits per heavy atom. The minimum atomic E-state index is -4.43. The van der Waals surface area contributed by atoms with E-state index >= 15 is 0 Å². The lowest BCUT2D eigenvalue weighted by molar-refractivity contribution is -0.137. The van der Waals surface area contributed by atoms with E-state index in [0.29, 0.717) is 27.7 Å². The molecule has 28 heavy (non-hydrogen) atoms. The summed E-state index contributed by atoms with van der Waals surface area (Å²) < 4.78 is 66.1. The van der Waals surface area contributed by atoms with Gasteiger partial charge in [-0.2, -0.15) is 13.2 Å². The van der Waals surface area contributed by atoms with Gasteiger partial charge in [0, 0.05) is 12.0 Å². The second-order valence-electron chi connectivity index (χ2n) is 6.21. The second-order valence-corrected chi connectivity index (χ2v) is 9.01. The van der Waals surface area contributed by atoms with Crippen molar-refractivity contribution in [1.82, 2.24) is 4.72 Å². The first kappa shape index (κ1) is 20.8. The van der Waals surface area contributed by atoms with Crippen molar-refractivity contribution >= 4 is 30.6 Å². The third-order valence-corrected chi connectivity index (χ3v) is 6.21. The first-order valence-electron chi connectivity index (χ1n) is 8.21. The Kier molecular flexibility index (Phi) is 5.83. The van der Waals surface area contributed by atoms with Crippen molar-refractivity contribution in [2.45, 2.75) is 30.0 Å². The Balaban J connectivity index is 2.01.